The topological polar surface area (TPSA) is 52.3 Å². The third-order valence-electron chi connectivity index (χ3n) is 1.65. The average Bonchev–Trinajstić information content (AvgIpc) is 2.65. The van der Waals surface area contributed by atoms with Gasteiger partial charge < -0.3 is 15.3 Å². The normalized spacial score (nSPS) is 21.4. The second kappa shape index (κ2) is 2.45. The summed E-state index contributed by atoms with van der Waals surface area (Å²) in [6.45, 7) is 0.725. The molecule has 52 valence electrons. The van der Waals surface area contributed by atoms with Crippen LogP contribution in [0, 0.1) is 5.41 Å². The molecule has 1 fully saturated rings. The Morgan fingerprint density at radius 3 is 2.67 bits per heavy atom. The van der Waals surface area contributed by atoms with Gasteiger partial charge in [-0.2, -0.15) is 0 Å². The molecule has 0 radical (unpaired) electrons. The van der Waals surface area contributed by atoms with Crippen molar-refractivity contribution in [2.75, 3.05) is 13.3 Å². The smallest absolute Gasteiger partial charge is 0.128 e. The van der Waals surface area contributed by atoms with Crippen LogP contribution in [0.2, 0.25) is 0 Å². The molecule has 2 N–H and O–H groups in total. The average molecular weight is 129 g/mol. The lowest BCUT2D eigenvalue weighted by molar-refractivity contribution is -0.114. The van der Waals surface area contributed by atoms with Gasteiger partial charge in [0.2, 0.25) is 0 Å². The first kappa shape index (κ1) is 6.71. The molecule has 0 amide bonds. The largest absolute Gasteiger partial charge is 0.366 e. The van der Waals surface area contributed by atoms with Gasteiger partial charge in [0, 0.05) is 5.41 Å². The molecule has 0 aromatic rings. The summed E-state index contributed by atoms with van der Waals surface area (Å²) >= 11 is 0. The van der Waals surface area contributed by atoms with Crippen LogP contribution in [0.4, 0.5) is 0 Å². The molecule has 0 atom stereocenters. The number of ether oxygens (including phenoxy) is 1. The quantitative estimate of drug-likeness (QED) is 0.426. The molecular weight excluding hydrogens is 118 g/mol. The van der Waals surface area contributed by atoms with Gasteiger partial charge >= 0.3 is 0 Å². The number of hydrogen-bond donors (Lipinski definition) is 1. The van der Waals surface area contributed by atoms with Crippen molar-refractivity contribution in [2.24, 2.45) is 11.1 Å². The third-order valence-corrected chi connectivity index (χ3v) is 1.65. The van der Waals surface area contributed by atoms with Gasteiger partial charge in [-0.3, -0.25) is 0 Å². The third kappa shape index (κ3) is 1.50. The van der Waals surface area contributed by atoms with Crippen LogP contribution in [0.25, 0.3) is 0 Å². The molecule has 3 nitrogen and oxygen atoms in total. The zero-order chi connectivity index (χ0) is 6.74. The Kier molecular flexibility index (Phi) is 1.83. The molecular formula is C6H11NO2. The second-order valence-corrected chi connectivity index (χ2v) is 2.50. The Morgan fingerprint density at radius 1 is 1.67 bits per heavy atom. The van der Waals surface area contributed by atoms with Crippen LogP contribution in [0.15, 0.2) is 0 Å². The molecule has 0 aromatic heterocycles. The number of carbonyl (C=O) groups is 1. The van der Waals surface area contributed by atoms with Gasteiger partial charge in [0.25, 0.3) is 0 Å². The van der Waals surface area contributed by atoms with Gasteiger partial charge in [0.15, 0.2) is 0 Å². The highest BCUT2D eigenvalue weighted by Gasteiger charge is 2.42. The lowest BCUT2D eigenvalue weighted by Gasteiger charge is -2.04. The maximum absolute atomic E-state index is 10.3. The van der Waals surface area contributed by atoms with Crippen molar-refractivity contribution in [2.45, 2.75) is 12.8 Å². The van der Waals surface area contributed by atoms with Gasteiger partial charge in [0.1, 0.15) is 6.29 Å². The molecule has 3 heteroatoms. The van der Waals surface area contributed by atoms with Crippen molar-refractivity contribution in [3.05, 3.63) is 0 Å². The van der Waals surface area contributed by atoms with E-state index < -0.39 is 0 Å². The zero-order valence-corrected chi connectivity index (χ0v) is 5.30. The van der Waals surface area contributed by atoms with Gasteiger partial charge in [-0.05, 0) is 12.8 Å². The summed E-state index contributed by atoms with van der Waals surface area (Å²) in [4.78, 5) is 10.3. The van der Waals surface area contributed by atoms with E-state index >= 15 is 0 Å². The fraction of sp³-hybridized carbons (Fsp3) is 0.833. The van der Waals surface area contributed by atoms with Crippen LogP contribution in [0.1, 0.15) is 12.8 Å². The van der Waals surface area contributed by atoms with Crippen molar-refractivity contribution in [3.8, 4) is 0 Å². The Morgan fingerprint density at radius 2 is 2.33 bits per heavy atom. The first-order chi connectivity index (χ1) is 4.33. The summed E-state index contributed by atoms with van der Waals surface area (Å²) in [6.07, 6.45) is 2.91. The molecule has 0 saturated heterocycles. The van der Waals surface area contributed by atoms with Gasteiger partial charge in [0.05, 0.1) is 13.3 Å². The number of carbonyl (C=O) groups excluding carboxylic acids is 1. The molecule has 0 unspecified atom stereocenters. The summed E-state index contributed by atoms with van der Waals surface area (Å²) in [5, 5.41) is 0. The summed E-state index contributed by atoms with van der Waals surface area (Å²) in [6, 6.07) is 0. The standard InChI is InChI=1S/C6H11NO2/c7-5-9-4-6(3-8)1-2-6/h3H,1-2,4-5,7H2. The van der Waals surface area contributed by atoms with Crippen molar-refractivity contribution in [1.29, 1.82) is 0 Å². The van der Waals surface area contributed by atoms with E-state index in [1.165, 1.54) is 0 Å². The number of nitrogens with two attached hydrogens (primary N) is 1. The van der Waals surface area contributed by atoms with E-state index in [4.69, 9.17) is 10.5 Å². The SMILES string of the molecule is NCOCC1(C=O)CC1. The van der Waals surface area contributed by atoms with Crippen molar-refractivity contribution in [1.82, 2.24) is 0 Å². The van der Waals surface area contributed by atoms with E-state index in [1.807, 2.05) is 0 Å². The highest BCUT2D eigenvalue weighted by molar-refractivity contribution is 5.63. The van der Waals surface area contributed by atoms with Crippen molar-refractivity contribution < 1.29 is 9.53 Å². The molecule has 9 heavy (non-hydrogen) atoms. The molecule has 1 saturated carbocycles. The molecule has 1 aliphatic carbocycles. The maximum Gasteiger partial charge on any atom is 0.128 e. The molecule has 0 heterocycles. The van der Waals surface area contributed by atoms with Gasteiger partial charge in [-0.1, -0.05) is 0 Å². The maximum atomic E-state index is 10.3. The highest BCUT2D eigenvalue weighted by Crippen LogP contribution is 2.43. The van der Waals surface area contributed by atoms with Crippen LogP contribution >= 0.6 is 0 Å². The van der Waals surface area contributed by atoms with E-state index in [9.17, 15) is 4.79 Å². The number of hydrogen-bond acceptors (Lipinski definition) is 3. The molecule has 0 spiro atoms. The van der Waals surface area contributed by atoms with Gasteiger partial charge in [-0.25, -0.2) is 0 Å². The molecule has 1 rings (SSSR count). The van der Waals surface area contributed by atoms with Crippen LogP contribution in [-0.2, 0) is 9.53 Å². The van der Waals surface area contributed by atoms with E-state index in [2.05, 4.69) is 0 Å². The first-order valence-corrected chi connectivity index (χ1v) is 3.07. The van der Waals surface area contributed by atoms with Gasteiger partial charge in [-0.15, -0.1) is 0 Å². The molecule has 0 bridgehead atoms. The molecule has 0 aliphatic heterocycles. The van der Waals surface area contributed by atoms with E-state index in [-0.39, 0.29) is 12.1 Å². The molecule has 1 aliphatic rings. The minimum Gasteiger partial charge on any atom is -0.366 e. The van der Waals surface area contributed by atoms with Crippen molar-refractivity contribution >= 4 is 6.29 Å². The monoisotopic (exact) mass is 129 g/mol. The summed E-state index contributed by atoms with van der Waals surface area (Å²) in [7, 11) is 0. The highest BCUT2D eigenvalue weighted by atomic mass is 16.5. The zero-order valence-electron chi connectivity index (χ0n) is 5.30. The van der Waals surface area contributed by atoms with Crippen LogP contribution < -0.4 is 5.73 Å². The van der Waals surface area contributed by atoms with Crippen LogP contribution in [0.5, 0.6) is 0 Å². The van der Waals surface area contributed by atoms with E-state index in [0.29, 0.717) is 6.61 Å². The summed E-state index contributed by atoms with van der Waals surface area (Å²) in [5.41, 5.74) is 4.94. The lowest BCUT2D eigenvalue weighted by Crippen LogP contribution is -2.15. The lowest BCUT2D eigenvalue weighted by atomic mass is 10.2. The Balaban J connectivity index is 2.17. The Bertz CT molecular complexity index is 110. The van der Waals surface area contributed by atoms with Crippen LogP contribution in [0.3, 0.4) is 0 Å². The Hall–Kier alpha value is -0.410. The molecule has 0 aromatic carbocycles. The fourth-order valence-corrected chi connectivity index (χ4v) is 0.719. The first-order valence-electron chi connectivity index (χ1n) is 3.07. The fourth-order valence-electron chi connectivity index (χ4n) is 0.719. The summed E-state index contributed by atoms with van der Waals surface area (Å²) < 4.78 is 4.90. The number of aldehydes is 1. The Labute approximate surface area is 54.2 Å². The second-order valence-electron chi connectivity index (χ2n) is 2.50. The van der Waals surface area contributed by atoms with Crippen molar-refractivity contribution in [3.63, 3.8) is 0 Å². The number of rotatable bonds is 4. The van der Waals surface area contributed by atoms with E-state index in [1.54, 1.807) is 0 Å². The predicted molar refractivity (Wildman–Crippen MR) is 32.7 cm³/mol. The summed E-state index contributed by atoms with van der Waals surface area (Å²) in [5.74, 6) is 0. The predicted octanol–water partition coefficient (Wildman–Crippen LogP) is -0.102. The minimum absolute atomic E-state index is 0.140. The van der Waals surface area contributed by atoms with E-state index in [0.717, 1.165) is 19.1 Å². The van der Waals surface area contributed by atoms with Crippen LogP contribution in [-0.4, -0.2) is 19.6 Å². The minimum atomic E-state index is -0.140.